The fourth-order valence-electron chi connectivity index (χ4n) is 4.74. The molecule has 2 aromatic carbocycles. The highest BCUT2D eigenvalue weighted by molar-refractivity contribution is 6.06. The number of halogens is 2. The van der Waals surface area contributed by atoms with Crippen LogP contribution in [0, 0.1) is 23.5 Å². The van der Waals surface area contributed by atoms with Gasteiger partial charge in [-0.25, -0.2) is 24.4 Å². The number of pyridine rings is 2. The monoisotopic (exact) mass is 555 g/mol. The van der Waals surface area contributed by atoms with Crippen LogP contribution >= 0.6 is 0 Å². The molecule has 1 aliphatic rings. The SMILES string of the molecule is NNC(=O)c1cc(-c2ccc(C#Cc3cc(F)c(C(=O)N4CCCCC4C(=O)O)cc3F)cc2)nc2ccncc12. The Kier molecular flexibility index (Phi) is 7.67. The Bertz CT molecular complexity index is 1750. The molecular weight excluding hydrogens is 532 g/mol. The minimum atomic E-state index is -1.18. The summed E-state index contributed by atoms with van der Waals surface area (Å²) in [5.74, 6) is 6.27. The van der Waals surface area contributed by atoms with Gasteiger partial charge >= 0.3 is 5.97 Å². The van der Waals surface area contributed by atoms with Crippen molar-refractivity contribution in [3.63, 3.8) is 0 Å². The first-order valence-electron chi connectivity index (χ1n) is 12.7. The number of carboxylic acids is 1. The Morgan fingerprint density at radius 2 is 1.78 bits per heavy atom. The number of carboxylic acid groups (broad SMARTS) is 1. The van der Waals surface area contributed by atoms with Crippen LogP contribution in [-0.4, -0.2) is 50.3 Å². The molecule has 0 spiro atoms. The minimum Gasteiger partial charge on any atom is -0.480 e. The minimum absolute atomic E-state index is 0.155. The summed E-state index contributed by atoms with van der Waals surface area (Å²) in [6.07, 6.45) is 4.57. The number of hydrazine groups is 1. The Labute approximate surface area is 233 Å². The lowest BCUT2D eigenvalue weighted by molar-refractivity contribution is -0.143. The third-order valence-corrected chi connectivity index (χ3v) is 6.84. The summed E-state index contributed by atoms with van der Waals surface area (Å²) >= 11 is 0. The maximum absolute atomic E-state index is 14.9. The van der Waals surface area contributed by atoms with E-state index in [9.17, 15) is 28.3 Å². The van der Waals surface area contributed by atoms with Gasteiger partial charge < -0.3 is 10.0 Å². The molecule has 1 saturated heterocycles. The summed E-state index contributed by atoms with van der Waals surface area (Å²) in [4.78, 5) is 46.4. The zero-order valence-corrected chi connectivity index (χ0v) is 21.5. The van der Waals surface area contributed by atoms with Crippen LogP contribution < -0.4 is 11.3 Å². The van der Waals surface area contributed by atoms with Gasteiger partial charge in [0.15, 0.2) is 0 Å². The molecule has 4 N–H and O–H groups in total. The summed E-state index contributed by atoms with van der Waals surface area (Å²) in [6.45, 7) is 0.155. The molecule has 11 heteroatoms. The number of nitrogen functional groups attached to an aromatic ring is 1. The molecule has 9 nitrogen and oxygen atoms in total. The Hall–Kier alpha value is -5.21. The number of carbonyl (C=O) groups is 3. The van der Waals surface area contributed by atoms with Crippen LogP contribution in [0.3, 0.4) is 0 Å². The molecular formula is C30H23F2N5O4. The van der Waals surface area contributed by atoms with E-state index in [1.807, 2.05) is 0 Å². The molecule has 2 amide bonds. The summed E-state index contributed by atoms with van der Waals surface area (Å²) < 4.78 is 29.7. The van der Waals surface area contributed by atoms with Gasteiger partial charge in [0.1, 0.15) is 17.7 Å². The van der Waals surface area contributed by atoms with E-state index in [2.05, 4.69) is 27.2 Å². The van der Waals surface area contributed by atoms with Gasteiger partial charge in [0.05, 0.1) is 27.9 Å². The van der Waals surface area contributed by atoms with Crippen molar-refractivity contribution in [1.29, 1.82) is 0 Å². The van der Waals surface area contributed by atoms with Crippen LogP contribution in [0.4, 0.5) is 8.78 Å². The summed E-state index contributed by atoms with van der Waals surface area (Å²) in [5.41, 5.74) is 3.88. The first-order chi connectivity index (χ1) is 19.8. The van der Waals surface area contributed by atoms with Crippen LogP contribution in [-0.2, 0) is 4.79 Å². The fraction of sp³-hybridized carbons (Fsp3) is 0.167. The van der Waals surface area contributed by atoms with Crippen LogP contribution in [0.15, 0.2) is 60.9 Å². The second-order valence-corrected chi connectivity index (χ2v) is 9.41. The quantitative estimate of drug-likeness (QED) is 0.151. The first-order valence-corrected chi connectivity index (χ1v) is 12.7. The zero-order valence-electron chi connectivity index (χ0n) is 21.5. The number of amides is 2. The Balaban J connectivity index is 1.39. The van der Waals surface area contributed by atoms with Gasteiger partial charge in [0.25, 0.3) is 11.8 Å². The molecule has 41 heavy (non-hydrogen) atoms. The largest absolute Gasteiger partial charge is 0.480 e. The predicted octanol–water partition coefficient (Wildman–Crippen LogP) is 3.66. The molecule has 0 bridgehead atoms. The van der Waals surface area contributed by atoms with Crippen LogP contribution in [0.25, 0.3) is 22.2 Å². The number of nitrogens with one attached hydrogen (secondary N) is 1. The van der Waals surface area contributed by atoms with Gasteiger partial charge in [0, 0.05) is 35.5 Å². The summed E-state index contributed by atoms with van der Waals surface area (Å²) in [7, 11) is 0. The zero-order chi connectivity index (χ0) is 29.1. The van der Waals surface area contributed by atoms with Gasteiger partial charge in [-0.05, 0) is 55.7 Å². The number of benzene rings is 2. The van der Waals surface area contributed by atoms with E-state index in [4.69, 9.17) is 5.84 Å². The predicted molar refractivity (Wildman–Crippen MR) is 145 cm³/mol. The molecule has 0 aliphatic carbocycles. The summed E-state index contributed by atoms with van der Waals surface area (Å²) in [6, 6.07) is 10.6. The number of fused-ring (bicyclic) bond motifs is 1. The lowest BCUT2D eigenvalue weighted by Crippen LogP contribution is -2.48. The number of hydrogen-bond acceptors (Lipinski definition) is 6. The number of aliphatic carboxylic acids is 1. The third-order valence-electron chi connectivity index (χ3n) is 6.84. The molecule has 206 valence electrons. The molecule has 0 radical (unpaired) electrons. The van der Waals surface area contributed by atoms with E-state index in [0.29, 0.717) is 46.1 Å². The number of hydrogen-bond donors (Lipinski definition) is 3. The van der Waals surface area contributed by atoms with Crippen LogP contribution in [0.1, 0.15) is 51.1 Å². The van der Waals surface area contributed by atoms with Gasteiger partial charge in [0.2, 0.25) is 0 Å². The van der Waals surface area contributed by atoms with Crippen LogP contribution in [0.5, 0.6) is 0 Å². The highest BCUT2D eigenvalue weighted by Crippen LogP contribution is 2.25. The normalized spacial score (nSPS) is 14.7. The van der Waals surface area contributed by atoms with Crippen molar-refractivity contribution >= 4 is 28.7 Å². The van der Waals surface area contributed by atoms with Crippen LogP contribution in [0.2, 0.25) is 0 Å². The maximum Gasteiger partial charge on any atom is 0.326 e. The highest BCUT2D eigenvalue weighted by Gasteiger charge is 2.33. The number of carbonyl (C=O) groups excluding carboxylic acids is 2. The van der Waals surface area contributed by atoms with E-state index in [-0.39, 0.29) is 18.5 Å². The highest BCUT2D eigenvalue weighted by atomic mass is 19.1. The lowest BCUT2D eigenvalue weighted by Gasteiger charge is -2.33. The van der Waals surface area contributed by atoms with E-state index in [0.717, 1.165) is 17.0 Å². The van der Waals surface area contributed by atoms with Crippen molar-refractivity contribution in [3.8, 4) is 23.1 Å². The second-order valence-electron chi connectivity index (χ2n) is 9.41. The molecule has 0 saturated carbocycles. The number of nitrogens with two attached hydrogens (primary N) is 1. The molecule has 2 aromatic heterocycles. The molecule has 5 rings (SSSR count). The second kappa shape index (κ2) is 11.5. The van der Waals surface area contributed by atoms with E-state index in [1.54, 1.807) is 42.6 Å². The number of rotatable bonds is 4. The fourth-order valence-corrected chi connectivity index (χ4v) is 4.74. The number of aromatic nitrogens is 2. The topological polar surface area (TPSA) is 139 Å². The lowest BCUT2D eigenvalue weighted by atomic mass is 10.00. The van der Waals surface area contributed by atoms with Gasteiger partial charge in [-0.15, -0.1) is 0 Å². The standard InChI is InChI=1S/C30H23F2N5O4/c31-23-14-21(29(39)37-12-2-1-3-27(37)30(40)41)24(32)13-19(23)9-6-17-4-7-18(8-5-17)26-15-20(28(38)36-33)22-16-34-11-10-25(22)35-26/h4-5,7-8,10-11,13-16,27H,1-3,12,33H2,(H,36,38)(H,40,41). The number of piperidine rings is 1. The maximum atomic E-state index is 14.9. The summed E-state index contributed by atoms with van der Waals surface area (Å²) in [5, 5.41) is 9.96. The van der Waals surface area contributed by atoms with Crippen molar-refractivity contribution in [3.05, 3.63) is 94.8 Å². The Morgan fingerprint density at radius 3 is 2.51 bits per heavy atom. The first kappa shape index (κ1) is 27.4. The Morgan fingerprint density at radius 1 is 1.00 bits per heavy atom. The van der Waals surface area contributed by atoms with Gasteiger partial charge in [-0.1, -0.05) is 24.0 Å². The van der Waals surface area contributed by atoms with E-state index >= 15 is 0 Å². The average molecular weight is 556 g/mol. The molecule has 1 aliphatic heterocycles. The average Bonchev–Trinajstić information content (AvgIpc) is 3.00. The van der Waals surface area contributed by atoms with Crippen molar-refractivity contribution in [2.75, 3.05) is 6.54 Å². The molecule has 1 atom stereocenters. The number of nitrogens with zero attached hydrogens (tertiary/aromatic N) is 3. The van der Waals surface area contributed by atoms with Gasteiger partial charge in [-0.2, -0.15) is 0 Å². The molecule has 4 aromatic rings. The number of likely N-dealkylation sites (tertiary alicyclic amines) is 1. The third kappa shape index (κ3) is 5.59. The molecule has 1 fully saturated rings. The van der Waals surface area contributed by atoms with Crippen molar-refractivity contribution in [2.45, 2.75) is 25.3 Å². The van der Waals surface area contributed by atoms with Gasteiger partial charge in [-0.3, -0.25) is 20.0 Å². The van der Waals surface area contributed by atoms with Crippen molar-refractivity contribution in [1.82, 2.24) is 20.3 Å². The van der Waals surface area contributed by atoms with Crippen molar-refractivity contribution < 1.29 is 28.3 Å². The van der Waals surface area contributed by atoms with Crippen molar-refractivity contribution in [2.24, 2.45) is 5.84 Å². The molecule has 1 unspecified atom stereocenters. The smallest absolute Gasteiger partial charge is 0.326 e. The molecule has 3 heterocycles. The van der Waals surface area contributed by atoms with E-state index < -0.39 is 41.0 Å². The van der Waals surface area contributed by atoms with E-state index in [1.165, 1.54) is 6.20 Å².